The van der Waals surface area contributed by atoms with E-state index in [0.717, 1.165) is 31.7 Å². The lowest BCUT2D eigenvalue weighted by atomic mass is 10.1. The topological polar surface area (TPSA) is 15.3 Å². The monoisotopic (exact) mass is 250 g/mol. The molecule has 0 spiro atoms. The Morgan fingerprint density at radius 3 is 3.00 bits per heavy atom. The molecule has 1 atom stereocenters. The second kappa shape index (κ2) is 6.30. The number of hydrogen-bond acceptors (Lipinski definition) is 2. The fourth-order valence-corrected chi connectivity index (χ4v) is 2.70. The number of likely N-dealkylation sites (tertiary alicyclic amines) is 1. The molecule has 0 saturated carbocycles. The molecule has 1 aliphatic heterocycles. The van der Waals surface area contributed by atoms with Crippen molar-refractivity contribution in [3.05, 3.63) is 35.1 Å². The largest absolute Gasteiger partial charge is 0.315 e. The van der Waals surface area contributed by atoms with Gasteiger partial charge in [0.05, 0.1) is 0 Å². The molecule has 1 unspecified atom stereocenters. The summed E-state index contributed by atoms with van der Waals surface area (Å²) in [5.41, 5.74) is 2.31. The van der Waals surface area contributed by atoms with Gasteiger partial charge in [-0.05, 0) is 56.1 Å². The Balaban J connectivity index is 1.99. The Morgan fingerprint density at radius 2 is 2.28 bits per heavy atom. The van der Waals surface area contributed by atoms with Gasteiger partial charge in [-0.25, -0.2) is 4.39 Å². The second-order valence-electron chi connectivity index (χ2n) is 5.15. The highest BCUT2D eigenvalue weighted by Gasteiger charge is 2.24. The third-order valence-electron chi connectivity index (χ3n) is 3.81. The van der Waals surface area contributed by atoms with E-state index in [1.165, 1.54) is 18.4 Å². The van der Waals surface area contributed by atoms with Gasteiger partial charge in [0.25, 0.3) is 0 Å². The summed E-state index contributed by atoms with van der Waals surface area (Å²) in [6.07, 6.45) is 2.55. The lowest BCUT2D eigenvalue weighted by molar-refractivity contribution is 0.239. The Labute approximate surface area is 109 Å². The molecule has 18 heavy (non-hydrogen) atoms. The van der Waals surface area contributed by atoms with Crippen molar-refractivity contribution in [2.24, 2.45) is 0 Å². The van der Waals surface area contributed by atoms with E-state index < -0.39 is 0 Å². The normalized spacial score (nSPS) is 20.5. The van der Waals surface area contributed by atoms with Crippen molar-refractivity contribution in [2.45, 2.75) is 39.3 Å². The molecule has 3 heteroatoms. The molecule has 100 valence electrons. The first-order valence-corrected chi connectivity index (χ1v) is 6.90. The average molecular weight is 250 g/mol. The van der Waals surface area contributed by atoms with E-state index in [0.29, 0.717) is 6.04 Å². The maximum absolute atomic E-state index is 13.1. The van der Waals surface area contributed by atoms with Crippen LogP contribution in [0.1, 0.15) is 30.9 Å². The third kappa shape index (κ3) is 3.30. The Kier molecular flexibility index (Phi) is 4.72. The molecule has 1 aromatic rings. The van der Waals surface area contributed by atoms with Crippen LogP contribution in [0.25, 0.3) is 0 Å². The molecule has 1 aliphatic rings. The number of nitrogens with one attached hydrogen (secondary N) is 1. The molecule has 1 aromatic carbocycles. The molecule has 2 nitrogen and oxygen atoms in total. The molecule has 0 aliphatic carbocycles. The Hall–Kier alpha value is -0.930. The summed E-state index contributed by atoms with van der Waals surface area (Å²) in [6, 6.07) is 5.75. The molecular formula is C15H23FN2. The molecule has 1 saturated heterocycles. The van der Waals surface area contributed by atoms with Crippen LogP contribution >= 0.6 is 0 Å². The predicted octanol–water partition coefficient (Wildman–Crippen LogP) is 2.71. The van der Waals surface area contributed by atoms with Crippen LogP contribution in [0.2, 0.25) is 0 Å². The van der Waals surface area contributed by atoms with Crippen molar-refractivity contribution in [3.63, 3.8) is 0 Å². The predicted molar refractivity (Wildman–Crippen MR) is 73.1 cm³/mol. The SMILES string of the molecule is CCNCC1CCCN1Cc1ccc(F)cc1C. The first-order valence-electron chi connectivity index (χ1n) is 6.90. The molecular weight excluding hydrogens is 227 g/mol. The highest BCUT2D eigenvalue weighted by molar-refractivity contribution is 5.26. The van der Waals surface area contributed by atoms with Crippen LogP contribution in [-0.4, -0.2) is 30.6 Å². The maximum atomic E-state index is 13.1. The Bertz CT molecular complexity index is 392. The standard InChI is InChI=1S/C15H23FN2/c1-3-17-10-15-5-4-8-18(15)11-13-6-7-14(16)9-12(13)2/h6-7,9,15,17H,3-5,8,10-11H2,1-2H3. The quantitative estimate of drug-likeness (QED) is 0.864. The van der Waals surface area contributed by atoms with E-state index in [1.807, 2.05) is 13.0 Å². The van der Waals surface area contributed by atoms with E-state index in [1.54, 1.807) is 12.1 Å². The molecule has 1 fully saturated rings. The molecule has 1 heterocycles. The van der Waals surface area contributed by atoms with Crippen molar-refractivity contribution in [1.82, 2.24) is 10.2 Å². The summed E-state index contributed by atoms with van der Waals surface area (Å²) in [7, 11) is 0. The van der Waals surface area contributed by atoms with Crippen molar-refractivity contribution < 1.29 is 4.39 Å². The number of hydrogen-bond donors (Lipinski definition) is 1. The minimum Gasteiger partial charge on any atom is -0.315 e. The molecule has 0 amide bonds. The molecule has 1 N–H and O–H groups in total. The number of rotatable bonds is 5. The lowest BCUT2D eigenvalue weighted by Crippen LogP contribution is -2.37. The second-order valence-corrected chi connectivity index (χ2v) is 5.15. The van der Waals surface area contributed by atoms with Gasteiger partial charge in [-0.15, -0.1) is 0 Å². The van der Waals surface area contributed by atoms with Gasteiger partial charge >= 0.3 is 0 Å². The minimum atomic E-state index is -0.137. The summed E-state index contributed by atoms with van der Waals surface area (Å²) in [4.78, 5) is 2.52. The highest BCUT2D eigenvalue weighted by Crippen LogP contribution is 2.21. The van der Waals surface area contributed by atoms with Crippen molar-refractivity contribution in [2.75, 3.05) is 19.6 Å². The van der Waals surface area contributed by atoms with Crippen molar-refractivity contribution in [3.8, 4) is 0 Å². The molecule has 0 aromatic heterocycles. The van der Waals surface area contributed by atoms with Gasteiger partial charge in [-0.1, -0.05) is 13.0 Å². The first kappa shape index (κ1) is 13.5. The average Bonchev–Trinajstić information content (AvgIpc) is 2.77. The lowest BCUT2D eigenvalue weighted by Gasteiger charge is -2.25. The van der Waals surface area contributed by atoms with Gasteiger partial charge in [0.15, 0.2) is 0 Å². The van der Waals surface area contributed by atoms with Crippen molar-refractivity contribution in [1.29, 1.82) is 0 Å². The smallest absolute Gasteiger partial charge is 0.123 e. The van der Waals surface area contributed by atoms with Crippen LogP contribution < -0.4 is 5.32 Å². The van der Waals surface area contributed by atoms with E-state index >= 15 is 0 Å². The highest BCUT2D eigenvalue weighted by atomic mass is 19.1. The van der Waals surface area contributed by atoms with Crippen LogP contribution in [-0.2, 0) is 6.54 Å². The number of nitrogens with zero attached hydrogens (tertiary/aromatic N) is 1. The summed E-state index contributed by atoms with van der Waals surface area (Å²) < 4.78 is 13.1. The van der Waals surface area contributed by atoms with Crippen LogP contribution in [0.15, 0.2) is 18.2 Å². The molecule has 0 radical (unpaired) electrons. The fraction of sp³-hybridized carbons (Fsp3) is 0.600. The molecule has 2 rings (SSSR count). The van der Waals surface area contributed by atoms with E-state index in [-0.39, 0.29) is 5.82 Å². The van der Waals surface area contributed by atoms with Gasteiger partial charge in [0.1, 0.15) is 5.82 Å². The van der Waals surface area contributed by atoms with E-state index in [2.05, 4.69) is 17.1 Å². The van der Waals surface area contributed by atoms with Gasteiger partial charge in [-0.2, -0.15) is 0 Å². The van der Waals surface area contributed by atoms with Crippen LogP contribution in [0, 0.1) is 12.7 Å². The van der Waals surface area contributed by atoms with Gasteiger partial charge in [0.2, 0.25) is 0 Å². The van der Waals surface area contributed by atoms with Crippen molar-refractivity contribution >= 4 is 0 Å². The zero-order valence-corrected chi connectivity index (χ0v) is 11.4. The van der Waals surface area contributed by atoms with E-state index in [9.17, 15) is 4.39 Å². The van der Waals surface area contributed by atoms with Crippen LogP contribution in [0.3, 0.4) is 0 Å². The van der Waals surface area contributed by atoms with Crippen LogP contribution in [0.4, 0.5) is 4.39 Å². The number of benzene rings is 1. The number of halogens is 1. The fourth-order valence-electron chi connectivity index (χ4n) is 2.70. The minimum absolute atomic E-state index is 0.137. The van der Waals surface area contributed by atoms with Gasteiger partial charge < -0.3 is 5.32 Å². The first-order chi connectivity index (χ1) is 8.70. The van der Waals surface area contributed by atoms with E-state index in [4.69, 9.17) is 0 Å². The molecule has 0 bridgehead atoms. The number of aryl methyl sites for hydroxylation is 1. The zero-order valence-electron chi connectivity index (χ0n) is 11.4. The van der Waals surface area contributed by atoms with Crippen LogP contribution in [0.5, 0.6) is 0 Å². The Morgan fingerprint density at radius 1 is 1.44 bits per heavy atom. The third-order valence-corrected chi connectivity index (χ3v) is 3.81. The summed E-state index contributed by atoms with van der Waals surface area (Å²) in [5, 5.41) is 3.43. The number of likely N-dealkylation sites (N-methyl/N-ethyl adjacent to an activating group) is 1. The van der Waals surface area contributed by atoms with Gasteiger partial charge in [0, 0.05) is 19.1 Å². The van der Waals surface area contributed by atoms with Gasteiger partial charge in [-0.3, -0.25) is 4.90 Å². The summed E-state index contributed by atoms with van der Waals surface area (Å²) in [5.74, 6) is -0.137. The maximum Gasteiger partial charge on any atom is 0.123 e. The summed E-state index contributed by atoms with van der Waals surface area (Å²) >= 11 is 0. The summed E-state index contributed by atoms with van der Waals surface area (Å²) in [6.45, 7) is 8.34. The zero-order chi connectivity index (χ0) is 13.0.